The lowest BCUT2D eigenvalue weighted by Crippen LogP contribution is -2.23. The molecule has 172 valence electrons. The SMILES string of the molecule is CC1(c2cccc(-n3c4nc(Nc5ccc6c(c5)CNCC6)ncc4c(=O)n3C3CC3)n2)CC1. The van der Waals surface area contributed by atoms with Crippen molar-refractivity contribution in [3.8, 4) is 5.82 Å². The van der Waals surface area contributed by atoms with Crippen LogP contribution in [0.2, 0.25) is 0 Å². The third-order valence-electron chi connectivity index (χ3n) is 7.43. The fourth-order valence-electron chi connectivity index (χ4n) is 4.94. The van der Waals surface area contributed by atoms with Crippen LogP contribution in [0.15, 0.2) is 47.4 Å². The van der Waals surface area contributed by atoms with Gasteiger partial charge in [0.1, 0.15) is 5.39 Å². The molecule has 0 spiro atoms. The molecule has 4 aromatic rings. The zero-order valence-corrected chi connectivity index (χ0v) is 19.2. The van der Waals surface area contributed by atoms with Crippen molar-refractivity contribution in [3.05, 3.63) is 69.8 Å². The quantitative estimate of drug-likeness (QED) is 0.478. The van der Waals surface area contributed by atoms with E-state index in [2.05, 4.69) is 46.8 Å². The first-order valence-electron chi connectivity index (χ1n) is 12.2. The van der Waals surface area contributed by atoms with Crippen LogP contribution < -0.4 is 16.2 Å². The minimum Gasteiger partial charge on any atom is -0.324 e. The summed E-state index contributed by atoms with van der Waals surface area (Å²) in [5.74, 6) is 1.22. The molecule has 2 fully saturated rings. The van der Waals surface area contributed by atoms with Gasteiger partial charge in [-0.2, -0.15) is 4.98 Å². The molecule has 0 atom stereocenters. The average molecular weight is 454 g/mol. The lowest BCUT2D eigenvalue weighted by molar-refractivity contribution is 0.550. The minimum absolute atomic E-state index is 0.0475. The van der Waals surface area contributed by atoms with Gasteiger partial charge in [-0.05, 0) is 74.0 Å². The molecule has 0 amide bonds. The summed E-state index contributed by atoms with van der Waals surface area (Å²) in [5, 5.41) is 7.29. The van der Waals surface area contributed by atoms with E-state index in [9.17, 15) is 4.79 Å². The van der Waals surface area contributed by atoms with Crippen LogP contribution in [0.3, 0.4) is 0 Å². The first kappa shape index (κ1) is 19.9. The van der Waals surface area contributed by atoms with Gasteiger partial charge in [0.15, 0.2) is 11.5 Å². The van der Waals surface area contributed by atoms with Gasteiger partial charge in [-0.1, -0.05) is 19.1 Å². The average Bonchev–Trinajstić information content (AvgIpc) is 3.80. The molecule has 2 saturated carbocycles. The highest BCUT2D eigenvalue weighted by Crippen LogP contribution is 2.46. The predicted octanol–water partition coefficient (Wildman–Crippen LogP) is 3.75. The van der Waals surface area contributed by atoms with Gasteiger partial charge in [0.25, 0.3) is 5.56 Å². The van der Waals surface area contributed by atoms with Crippen LogP contribution in [-0.4, -0.2) is 30.9 Å². The molecule has 34 heavy (non-hydrogen) atoms. The second kappa shape index (κ2) is 7.24. The number of benzene rings is 1. The number of anilines is 2. The molecular weight excluding hydrogens is 426 g/mol. The fourth-order valence-corrected chi connectivity index (χ4v) is 4.94. The van der Waals surface area contributed by atoms with Crippen molar-refractivity contribution < 1.29 is 0 Å². The van der Waals surface area contributed by atoms with Gasteiger partial charge in [-0.25, -0.2) is 19.3 Å². The Hall–Kier alpha value is -3.52. The number of aromatic nitrogens is 5. The topological polar surface area (TPSA) is 89.7 Å². The Morgan fingerprint density at radius 2 is 2.00 bits per heavy atom. The third-order valence-corrected chi connectivity index (χ3v) is 7.43. The lowest BCUT2D eigenvalue weighted by Gasteiger charge is -2.18. The van der Waals surface area contributed by atoms with Crippen LogP contribution in [0, 0.1) is 0 Å². The molecule has 0 saturated heterocycles. The number of hydrogen-bond donors (Lipinski definition) is 2. The van der Waals surface area contributed by atoms with E-state index >= 15 is 0 Å². The zero-order chi connectivity index (χ0) is 22.9. The number of pyridine rings is 1. The Balaban J connectivity index is 1.34. The predicted molar refractivity (Wildman–Crippen MR) is 131 cm³/mol. The number of hydrogen-bond acceptors (Lipinski definition) is 6. The van der Waals surface area contributed by atoms with E-state index < -0.39 is 0 Å². The molecule has 0 bridgehead atoms. The smallest absolute Gasteiger partial charge is 0.278 e. The highest BCUT2D eigenvalue weighted by Gasteiger charge is 2.41. The number of nitrogens with zero attached hydrogens (tertiary/aromatic N) is 5. The first-order chi connectivity index (χ1) is 16.6. The van der Waals surface area contributed by atoms with E-state index in [1.165, 1.54) is 11.1 Å². The van der Waals surface area contributed by atoms with Crippen LogP contribution in [-0.2, 0) is 18.4 Å². The standard InChI is InChI=1S/C26H27N7O/c1-26(10-11-26)21-3-2-4-22(30-21)33-23-20(24(34)32(33)19-7-8-19)15-28-25(31-23)29-18-6-5-16-9-12-27-14-17(16)13-18/h2-6,13,15,19,27H,7-12,14H2,1H3,(H,28,29,31). The molecule has 3 aromatic heterocycles. The Kier molecular flexibility index (Phi) is 4.24. The summed E-state index contributed by atoms with van der Waals surface area (Å²) in [6.07, 6.45) is 6.99. The molecule has 0 radical (unpaired) electrons. The summed E-state index contributed by atoms with van der Waals surface area (Å²) in [4.78, 5) is 27.6. The van der Waals surface area contributed by atoms with Crippen LogP contribution in [0.1, 0.15) is 55.5 Å². The fraction of sp³-hybridized carbons (Fsp3) is 0.385. The van der Waals surface area contributed by atoms with E-state index in [1.54, 1.807) is 6.20 Å². The van der Waals surface area contributed by atoms with Crippen molar-refractivity contribution in [2.45, 2.75) is 57.0 Å². The maximum atomic E-state index is 13.3. The van der Waals surface area contributed by atoms with Crippen molar-refractivity contribution in [3.63, 3.8) is 0 Å². The maximum Gasteiger partial charge on any atom is 0.278 e. The second-order valence-corrected chi connectivity index (χ2v) is 10.1. The van der Waals surface area contributed by atoms with Gasteiger partial charge in [-0.15, -0.1) is 0 Å². The molecule has 2 N–H and O–H groups in total. The third kappa shape index (κ3) is 3.24. The van der Waals surface area contributed by atoms with E-state index in [-0.39, 0.29) is 17.0 Å². The van der Waals surface area contributed by atoms with Crippen LogP contribution in [0.5, 0.6) is 0 Å². The number of rotatable bonds is 5. The van der Waals surface area contributed by atoms with Crippen molar-refractivity contribution >= 4 is 22.7 Å². The summed E-state index contributed by atoms with van der Waals surface area (Å²) in [6, 6.07) is 12.7. The molecule has 0 unspecified atom stereocenters. The Labute approximate surface area is 197 Å². The largest absolute Gasteiger partial charge is 0.324 e. The Morgan fingerprint density at radius 3 is 2.82 bits per heavy atom. The zero-order valence-electron chi connectivity index (χ0n) is 19.2. The number of nitrogens with one attached hydrogen (secondary N) is 2. The summed E-state index contributed by atoms with van der Waals surface area (Å²) >= 11 is 0. The van der Waals surface area contributed by atoms with Gasteiger partial charge < -0.3 is 10.6 Å². The molecule has 4 heterocycles. The molecule has 1 aliphatic heterocycles. The first-order valence-corrected chi connectivity index (χ1v) is 12.2. The van der Waals surface area contributed by atoms with Gasteiger partial charge in [0.05, 0.1) is 6.04 Å². The summed E-state index contributed by atoms with van der Waals surface area (Å²) in [7, 11) is 0. The molecule has 8 nitrogen and oxygen atoms in total. The summed E-state index contributed by atoms with van der Waals surface area (Å²) in [5.41, 5.74) is 5.39. The van der Waals surface area contributed by atoms with Crippen molar-refractivity contribution in [2.75, 3.05) is 11.9 Å². The van der Waals surface area contributed by atoms with E-state index in [1.807, 2.05) is 21.5 Å². The van der Waals surface area contributed by atoms with Gasteiger partial charge in [-0.3, -0.25) is 4.79 Å². The molecule has 2 aliphatic carbocycles. The van der Waals surface area contributed by atoms with E-state index in [0.29, 0.717) is 17.0 Å². The minimum atomic E-state index is -0.0475. The molecule has 8 heteroatoms. The van der Waals surface area contributed by atoms with E-state index in [0.717, 1.165) is 62.4 Å². The van der Waals surface area contributed by atoms with Gasteiger partial charge in [0, 0.05) is 29.5 Å². The normalized spacial score (nSPS) is 18.6. The van der Waals surface area contributed by atoms with Crippen molar-refractivity contribution in [1.29, 1.82) is 0 Å². The van der Waals surface area contributed by atoms with Gasteiger partial charge in [0.2, 0.25) is 5.95 Å². The summed E-state index contributed by atoms with van der Waals surface area (Å²) in [6.45, 7) is 4.14. The maximum absolute atomic E-state index is 13.3. The summed E-state index contributed by atoms with van der Waals surface area (Å²) < 4.78 is 3.74. The van der Waals surface area contributed by atoms with Crippen molar-refractivity contribution in [1.82, 2.24) is 29.6 Å². The Bertz CT molecular complexity index is 1490. The monoisotopic (exact) mass is 453 g/mol. The molecular formula is C26H27N7O. The molecule has 3 aliphatic rings. The molecule has 7 rings (SSSR count). The Morgan fingerprint density at radius 1 is 1.12 bits per heavy atom. The second-order valence-electron chi connectivity index (χ2n) is 10.1. The van der Waals surface area contributed by atoms with Gasteiger partial charge >= 0.3 is 0 Å². The van der Waals surface area contributed by atoms with E-state index in [4.69, 9.17) is 9.97 Å². The highest BCUT2D eigenvalue weighted by molar-refractivity contribution is 5.77. The molecule has 1 aromatic carbocycles. The van der Waals surface area contributed by atoms with Crippen molar-refractivity contribution in [2.24, 2.45) is 0 Å². The van der Waals surface area contributed by atoms with Crippen LogP contribution in [0.25, 0.3) is 16.9 Å². The highest BCUT2D eigenvalue weighted by atomic mass is 16.1. The van der Waals surface area contributed by atoms with Crippen LogP contribution in [0.4, 0.5) is 11.6 Å². The number of fused-ring (bicyclic) bond motifs is 2. The lowest BCUT2D eigenvalue weighted by atomic mass is 10.0. The van der Waals surface area contributed by atoms with Crippen LogP contribution >= 0.6 is 0 Å².